The van der Waals surface area contributed by atoms with Crippen LogP contribution in [0.1, 0.15) is 18.4 Å². The zero-order valence-corrected chi connectivity index (χ0v) is 9.18. The maximum absolute atomic E-state index is 5.97. The average Bonchev–Trinajstić information content (AvgIpc) is 2.99. The second-order valence-electron chi connectivity index (χ2n) is 3.52. The van der Waals surface area contributed by atoms with Crippen LogP contribution >= 0.6 is 23.2 Å². The Morgan fingerprint density at radius 3 is 2.86 bits per heavy atom. The van der Waals surface area contributed by atoms with Crippen molar-refractivity contribution < 1.29 is 4.74 Å². The lowest BCUT2D eigenvalue weighted by Crippen LogP contribution is -2.01. The molecule has 76 valence electrons. The van der Waals surface area contributed by atoms with Gasteiger partial charge in [0.25, 0.3) is 0 Å². The summed E-state index contributed by atoms with van der Waals surface area (Å²) in [4.78, 5) is 4.11. The van der Waals surface area contributed by atoms with Gasteiger partial charge < -0.3 is 4.74 Å². The third-order valence-electron chi connectivity index (χ3n) is 2.17. The molecule has 0 radical (unpaired) electrons. The van der Waals surface area contributed by atoms with Gasteiger partial charge in [-0.05, 0) is 30.4 Å². The zero-order valence-electron chi connectivity index (χ0n) is 7.67. The number of hydrogen-bond donors (Lipinski definition) is 0. The molecule has 1 saturated carbocycles. The van der Waals surface area contributed by atoms with Crippen LogP contribution in [0.3, 0.4) is 0 Å². The monoisotopic (exact) mass is 231 g/mol. The Labute approximate surface area is 93.2 Å². The molecule has 1 heterocycles. The highest BCUT2D eigenvalue weighted by atomic mass is 35.5. The minimum absolute atomic E-state index is 0.426. The Hall–Kier alpha value is -0.470. The molecule has 0 bridgehead atoms. The molecule has 2 rings (SSSR count). The van der Waals surface area contributed by atoms with E-state index >= 15 is 0 Å². The molecule has 1 fully saturated rings. The minimum Gasteiger partial charge on any atom is -0.476 e. The smallest absolute Gasteiger partial charge is 0.232 e. The van der Waals surface area contributed by atoms with E-state index < -0.39 is 0 Å². The standard InChI is InChI=1S/C10H11Cl2NO/c11-4-8-3-9(12)10(13-5-8)14-6-7-1-2-7/h3,5,7H,1-2,4,6H2. The Bertz CT molecular complexity index is 326. The first-order chi connectivity index (χ1) is 6.79. The van der Waals surface area contributed by atoms with Crippen molar-refractivity contribution in [3.63, 3.8) is 0 Å². The van der Waals surface area contributed by atoms with Crippen LogP contribution in [0.15, 0.2) is 12.3 Å². The SMILES string of the molecule is ClCc1cnc(OCC2CC2)c(Cl)c1. The van der Waals surface area contributed by atoms with Gasteiger partial charge in [-0.1, -0.05) is 11.6 Å². The second-order valence-corrected chi connectivity index (χ2v) is 4.19. The van der Waals surface area contributed by atoms with E-state index in [4.69, 9.17) is 27.9 Å². The van der Waals surface area contributed by atoms with Crippen LogP contribution in [0.25, 0.3) is 0 Å². The molecule has 0 atom stereocenters. The van der Waals surface area contributed by atoms with Gasteiger partial charge in [-0.25, -0.2) is 4.98 Å². The van der Waals surface area contributed by atoms with E-state index in [0.717, 1.165) is 12.2 Å². The largest absolute Gasteiger partial charge is 0.476 e. The maximum atomic E-state index is 5.97. The van der Waals surface area contributed by atoms with Crippen molar-refractivity contribution in [1.82, 2.24) is 4.98 Å². The van der Waals surface area contributed by atoms with Gasteiger partial charge in [-0.15, -0.1) is 11.6 Å². The van der Waals surface area contributed by atoms with Gasteiger partial charge in [-0.2, -0.15) is 0 Å². The number of pyridine rings is 1. The molecular weight excluding hydrogens is 221 g/mol. The summed E-state index contributed by atoms with van der Waals surface area (Å²) in [6.07, 6.45) is 4.22. The number of alkyl halides is 1. The second kappa shape index (κ2) is 4.37. The molecule has 0 aliphatic heterocycles. The van der Waals surface area contributed by atoms with E-state index in [1.54, 1.807) is 12.3 Å². The predicted octanol–water partition coefficient (Wildman–Crippen LogP) is 3.26. The Morgan fingerprint density at radius 1 is 1.50 bits per heavy atom. The molecular formula is C10H11Cl2NO. The van der Waals surface area contributed by atoms with Gasteiger partial charge >= 0.3 is 0 Å². The third-order valence-corrected chi connectivity index (χ3v) is 2.75. The fourth-order valence-corrected chi connectivity index (χ4v) is 1.52. The molecule has 0 unspecified atom stereocenters. The van der Waals surface area contributed by atoms with Crippen molar-refractivity contribution in [3.8, 4) is 5.88 Å². The molecule has 0 N–H and O–H groups in total. The van der Waals surface area contributed by atoms with Crippen molar-refractivity contribution in [3.05, 3.63) is 22.8 Å². The first-order valence-corrected chi connectivity index (χ1v) is 5.54. The van der Waals surface area contributed by atoms with Crippen molar-refractivity contribution in [1.29, 1.82) is 0 Å². The molecule has 2 nitrogen and oxygen atoms in total. The van der Waals surface area contributed by atoms with E-state index in [1.807, 2.05) is 0 Å². The summed E-state index contributed by atoms with van der Waals surface area (Å²) in [5.41, 5.74) is 0.912. The molecule has 0 saturated heterocycles. The molecule has 1 aromatic heterocycles. The number of rotatable bonds is 4. The Kier molecular flexibility index (Phi) is 3.14. The van der Waals surface area contributed by atoms with E-state index in [2.05, 4.69) is 4.98 Å². The average molecular weight is 232 g/mol. The fraction of sp³-hybridized carbons (Fsp3) is 0.500. The summed E-state index contributed by atoms with van der Waals surface area (Å²) in [6, 6.07) is 1.80. The minimum atomic E-state index is 0.426. The summed E-state index contributed by atoms with van der Waals surface area (Å²) < 4.78 is 5.47. The van der Waals surface area contributed by atoms with Crippen LogP contribution in [0, 0.1) is 5.92 Å². The van der Waals surface area contributed by atoms with Gasteiger partial charge in [0.05, 0.1) is 6.61 Å². The lowest BCUT2D eigenvalue weighted by Gasteiger charge is -2.06. The van der Waals surface area contributed by atoms with Crippen molar-refractivity contribution in [2.75, 3.05) is 6.61 Å². The van der Waals surface area contributed by atoms with Crippen LogP contribution in [0.5, 0.6) is 5.88 Å². The van der Waals surface area contributed by atoms with Crippen LogP contribution in [0.2, 0.25) is 5.02 Å². The number of halogens is 2. The molecule has 1 aliphatic rings. The van der Waals surface area contributed by atoms with Crippen molar-refractivity contribution >= 4 is 23.2 Å². The molecule has 0 amide bonds. The third kappa shape index (κ3) is 2.52. The van der Waals surface area contributed by atoms with E-state index in [9.17, 15) is 0 Å². The van der Waals surface area contributed by atoms with E-state index in [1.165, 1.54) is 12.8 Å². The molecule has 4 heteroatoms. The summed E-state index contributed by atoms with van der Waals surface area (Å²) in [5, 5.41) is 0.545. The number of nitrogens with zero attached hydrogens (tertiary/aromatic N) is 1. The van der Waals surface area contributed by atoms with Crippen molar-refractivity contribution in [2.45, 2.75) is 18.7 Å². The van der Waals surface area contributed by atoms with Crippen LogP contribution in [-0.4, -0.2) is 11.6 Å². The Balaban J connectivity index is 2.01. The lowest BCUT2D eigenvalue weighted by atomic mass is 10.3. The molecule has 1 aromatic rings. The highest BCUT2D eigenvalue weighted by Crippen LogP contribution is 2.31. The van der Waals surface area contributed by atoms with Gasteiger partial charge in [0.2, 0.25) is 5.88 Å². The van der Waals surface area contributed by atoms with Crippen LogP contribution < -0.4 is 4.74 Å². The predicted molar refractivity (Wildman–Crippen MR) is 57.0 cm³/mol. The number of hydrogen-bond acceptors (Lipinski definition) is 2. The quantitative estimate of drug-likeness (QED) is 0.743. The Morgan fingerprint density at radius 2 is 2.29 bits per heavy atom. The summed E-state index contributed by atoms with van der Waals surface area (Å²) in [7, 11) is 0. The van der Waals surface area contributed by atoms with Gasteiger partial charge in [-0.3, -0.25) is 0 Å². The normalized spacial score (nSPS) is 15.6. The number of aromatic nitrogens is 1. The first kappa shape index (κ1) is 10.1. The molecule has 0 aromatic carbocycles. The van der Waals surface area contributed by atoms with Crippen molar-refractivity contribution in [2.24, 2.45) is 5.92 Å². The molecule has 14 heavy (non-hydrogen) atoms. The van der Waals surface area contributed by atoms with E-state index in [0.29, 0.717) is 22.7 Å². The molecule has 0 spiro atoms. The van der Waals surface area contributed by atoms with E-state index in [-0.39, 0.29) is 0 Å². The van der Waals surface area contributed by atoms with Crippen LogP contribution in [0.4, 0.5) is 0 Å². The zero-order chi connectivity index (χ0) is 9.97. The summed E-state index contributed by atoms with van der Waals surface area (Å²) in [5.74, 6) is 1.66. The van der Waals surface area contributed by atoms with Gasteiger partial charge in [0.1, 0.15) is 5.02 Å². The summed E-state index contributed by atoms with van der Waals surface area (Å²) >= 11 is 11.6. The maximum Gasteiger partial charge on any atom is 0.232 e. The van der Waals surface area contributed by atoms with Gasteiger partial charge in [0, 0.05) is 12.1 Å². The lowest BCUT2D eigenvalue weighted by molar-refractivity contribution is 0.288. The topological polar surface area (TPSA) is 22.1 Å². The highest BCUT2D eigenvalue weighted by Gasteiger charge is 2.22. The summed E-state index contributed by atoms with van der Waals surface area (Å²) in [6.45, 7) is 0.729. The first-order valence-electron chi connectivity index (χ1n) is 4.63. The molecule has 1 aliphatic carbocycles. The highest BCUT2D eigenvalue weighted by molar-refractivity contribution is 6.32. The van der Waals surface area contributed by atoms with Gasteiger partial charge in [0.15, 0.2) is 0 Å². The fourth-order valence-electron chi connectivity index (χ4n) is 1.13. The van der Waals surface area contributed by atoms with Crippen LogP contribution in [-0.2, 0) is 5.88 Å². The number of ether oxygens (including phenoxy) is 1.